The first-order chi connectivity index (χ1) is 7.00. The molecule has 0 saturated heterocycles. The average Bonchev–Trinajstić information content (AvgIpc) is 2.15. The summed E-state index contributed by atoms with van der Waals surface area (Å²) >= 11 is 1.06. The van der Waals surface area contributed by atoms with E-state index in [1.165, 1.54) is 17.0 Å². The van der Waals surface area contributed by atoms with Gasteiger partial charge >= 0.3 is 0 Å². The van der Waals surface area contributed by atoms with Gasteiger partial charge in [0, 0.05) is 25.1 Å². The minimum absolute atomic E-state index is 0.108. The molecule has 0 saturated carbocycles. The number of carbonyl (C=O) groups is 1. The second-order valence-corrected chi connectivity index (χ2v) is 4.17. The van der Waals surface area contributed by atoms with Crippen molar-refractivity contribution in [2.45, 2.75) is 4.90 Å². The van der Waals surface area contributed by atoms with E-state index in [9.17, 15) is 13.6 Å². The Morgan fingerprint density at radius 1 is 1.40 bits per heavy atom. The summed E-state index contributed by atoms with van der Waals surface area (Å²) in [7, 11) is 3.26. The van der Waals surface area contributed by atoms with Gasteiger partial charge in [0.2, 0.25) is 5.91 Å². The Kier molecular flexibility index (Phi) is 4.08. The average molecular weight is 231 g/mol. The molecule has 1 aromatic rings. The van der Waals surface area contributed by atoms with Crippen LogP contribution in [0.1, 0.15) is 0 Å². The zero-order chi connectivity index (χ0) is 11.4. The third kappa shape index (κ3) is 3.51. The van der Waals surface area contributed by atoms with Crippen molar-refractivity contribution in [2.75, 3.05) is 19.8 Å². The van der Waals surface area contributed by atoms with Gasteiger partial charge in [0.1, 0.15) is 11.6 Å². The molecule has 0 N–H and O–H groups in total. The highest BCUT2D eigenvalue weighted by molar-refractivity contribution is 8.00. The van der Waals surface area contributed by atoms with Gasteiger partial charge in [-0.1, -0.05) is 0 Å². The van der Waals surface area contributed by atoms with Crippen LogP contribution in [-0.2, 0) is 4.79 Å². The van der Waals surface area contributed by atoms with Gasteiger partial charge in [-0.2, -0.15) is 0 Å². The minimum atomic E-state index is -0.633. The van der Waals surface area contributed by atoms with Gasteiger partial charge in [-0.25, -0.2) is 8.78 Å². The summed E-state index contributed by atoms with van der Waals surface area (Å²) in [6, 6.07) is 3.31. The van der Waals surface area contributed by atoms with Gasteiger partial charge in [-0.15, -0.1) is 11.8 Å². The van der Waals surface area contributed by atoms with E-state index in [0.717, 1.165) is 17.8 Å². The van der Waals surface area contributed by atoms with E-state index < -0.39 is 11.6 Å². The molecule has 0 atom stereocenters. The molecule has 0 radical (unpaired) electrons. The standard InChI is InChI=1S/C10H11F2NOS/c1-13(2)10(14)6-15-9-4-3-7(11)5-8(9)12/h3-5H,6H2,1-2H3. The number of hydrogen-bond donors (Lipinski definition) is 0. The molecule has 0 spiro atoms. The zero-order valence-corrected chi connectivity index (χ0v) is 9.28. The Labute approximate surface area is 91.3 Å². The van der Waals surface area contributed by atoms with Crippen LogP contribution in [-0.4, -0.2) is 30.7 Å². The summed E-state index contributed by atoms with van der Waals surface area (Å²) in [5.41, 5.74) is 0. The van der Waals surface area contributed by atoms with Crippen molar-refractivity contribution in [3.63, 3.8) is 0 Å². The van der Waals surface area contributed by atoms with Crippen molar-refractivity contribution in [3.05, 3.63) is 29.8 Å². The Hall–Kier alpha value is -1.10. The quantitative estimate of drug-likeness (QED) is 0.743. The molecule has 82 valence electrons. The Bertz CT molecular complexity index is 368. The minimum Gasteiger partial charge on any atom is -0.348 e. The predicted molar refractivity (Wildman–Crippen MR) is 55.8 cm³/mol. The number of nitrogens with zero attached hydrogens (tertiary/aromatic N) is 1. The molecule has 1 aromatic carbocycles. The van der Waals surface area contributed by atoms with E-state index in [4.69, 9.17) is 0 Å². The van der Waals surface area contributed by atoms with E-state index in [2.05, 4.69) is 0 Å². The van der Waals surface area contributed by atoms with Gasteiger partial charge in [0.15, 0.2) is 0 Å². The fourth-order valence-corrected chi connectivity index (χ4v) is 1.76. The molecule has 0 aliphatic heterocycles. The summed E-state index contributed by atoms with van der Waals surface area (Å²) in [5, 5.41) is 0. The Balaban J connectivity index is 2.62. The lowest BCUT2D eigenvalue weighted by molar-refractivity contribution is -0.125. The normalized spacial score (nSPS) is 10.1. The van der Waals surface area contributed by atoms with Crippen molar-refractivity contribution in [1.29, 1.82) is 0 Å². The van der Waals surface area contributed by atoms with Crippen LogP contribution >= 0.6 is 11.8 Å². The van der Waals surface area contributed by atoms with Gasteiger partial charge in [-0.05, 0) is 12.1 Å². The van der Waals surface area contributed by atoms with Crippen LogP contribution in [0.2, 0.25) is 0 Å². The zero-order valence-electron chi connectivity index (χ0n) is 8.46. The maximum absolute atomic E-state index is 13.1. The molecule has 1 rings (SSSR count). The summed E-state index contributed by atoms with van der Waals surface area (Å²) in [5.74, 6) is -1.21. The SMILES string of the molecule is CN(C)C(=O)CSc1ccc(F)cc1F. The summed E-state index contributed by atoms with van der Waals surface area (Å²) < 4.78 is 25.7. The highest BCUT2D eigenvalue weighted by atomic mass is 32.2. The van der Waals surface area contributed by atoms with Crippen LogP contribution in [0.3, 0.4) is 0 Å². The van der Waals surface area contributed by atoms with Crippen molar-refractivity contribution in [1.82, 2.24) is 4.90 Å². The highest BCUT2D eigenvalue weighted by Crippen LogP contribution is 2.22. The van der Waals surface area contributed by atoms with Crippen molar-refractivity contribution < 1.29 is 13.6 Å². The molecule has 0 aliphatic rings. The summed E-state index contributed by atoms with van der Waals surface area (Å²) in [4.78, 5) is 12.9. The van der Waals surface area contributed by atoms with Gasteiger partial charge in [-0.3, -0.25) is 4.79 Å². The maximum atomic E-state index is 13.1. The van der Waals surface area contributed by atoms with Crippen LogP contribution in [0.5, 0.6) is 0 Å². The lowest BCUT2D eigenvalue weighted by Crippen LogP contribution is -2.23. The van der Waals surface area contributed by atoms with Crippen molar-refractivity contribution >= 4 is 17.7 Å². The number of hydrogen-bond acceptors (Lipinski definition) is 2. The van der Waals surface area contributed by atoms with E-state index in [1.807, 2.05) is 0 Å². The molecule has 0 bridgehead atoms. The summed E-state index contributed by atoms with van der Waals surface area (Å²) in [6.07, 6.45) is 0. The number of carbonyl (C=O) groups excluding carboxylic acids is 1. The van der Waals surface area contributed by atoms with Crippen LogP contribution in [0.15, 0.2) is 23.1 Å². The maximum Gasteiger partial charge on any atom is 0.232 e. The van der Waals surface area contributed by atoms with Gasteiger partial charge in [0.05, 0.1) is 5.75 Å². The first-order valence-electron chi connectivity index (χ1n) is 4.28. The molecular formula is C10H11F2NOS. The third-order valence-electron chi connectivity index (χ3n) is 1.74. The van der Waals surface area contributed by atoms with Gasteiger partial charge in [0.25, 0.3) is 0 Å². The summed E-state index contributed by atoms with van der Waals surface area (Å²) in [6.45, 7) is 0. The molecule has 0 aromatic heterocycles. The number of amides is 1. The van der Waals surface area contributed by atoms with E-state index >= 15 is 0 Å². The van der Waals surface area contributed by atoms with Crippen LogP contribution in [0.25, 0.3) is 0 Å². The molecule has 0 fully saturated rings. The molecule has 15 heavy (non-hydrogen) atoms. The van der Waals surface area contributed by atoms with E-state index in [0.29, 0.717) is 0 Å². The number of halogens is 2. The number of thioether (sulfide) groups is 1. The fourth-order valence-electron chi connectivity index (χ4n) is 0.861. The molecule has 0 unspecified atom stereocenters. The Morgan fingerprint density at radius 3 is 2.60 bits per heavy atom. The smallest absolute Gasteiger partial charge is 0.232 e. The Morgan fingerprint density at radius 2 is 2.07 bits per heavy atom. The molecule has 5 heteroatoms. The molecule has 0 heterocycles. The lowest BCUT2D eigenvalue weighted by atomic mass is 10.3. The highest BCUT2D eigenvalue weighted by Gasteiger charge is 2.08. The number of benzene rings is 1. The van der Waals surface area contributed by atoms with Gasteiger partial charge < -0.3 is 4.90 Å². The van der Waals surface area contributed by atoms with Crippen LogP contribution < -0.4 is 0 Å². The molecule has 0 aliphatic carbocycles. The van der Waals surface area contributed by atoms with E-state index in [1.54, 1.807) is 14.1 Å². The first-order valence-corrected chi connectivity index (χ1v) is 5.27. The predicted octanol–water partition coefficient (Wildman–Crippen LogP) is 2.15. The molecular weight excluding hydrogens is 220 g/mol. The van der Waals surface area contributed by atoms with E-state index in [-0.39, 0.29) is 16.6 Å². The largest absolute Gasteiger partial charge is 0.348 e. The monoisotopic (exact) mass is 231 g/mol. The van der Waals surface area contributed by atoms with Crippen LogP contribution in [0.4, 0.5) is 8.78 Å². The molecule has 2 nitrogen and oxygen atoms in total. The fraction of sp³-hybridized carbons (Fsp3) is 0.300. The third-order valence-corrected chi connectivity index (χ3v) is 2.78. The first kappa shape index (κ1) is 12.0. The van der Waals surface area contributed by atoms with Crippen LogP contribution in [0, 0.1) is 11.6 Å². The second-order valence-electron chi connectivity index (χ2n) is 3.15. The lowest BCUT2D eigenvalue weighted by Gasteiger charge is -2.09. The van der Waals surface area contributed by atoms with Crippen molar-refractivity contribution in [2.24, 2.45) is 0 Å². The second kappa shape index (κ2) is 5.11. The molecule has 1 amide bonds. The topological polar surface area (TPSA) is 20.3 Å². The number of rotatable bonds is 3. The van der Waals surface area contributed by atoms with Crippen molar-refractivity contribution in [3.8, 4) is 0 Å².